The number of ketones is 1. The number of aryl methyl sites for hydroxylation is 2. The number of Topliss-reactive ketones (excluding diaryl/α,β-unsaturated/α-hetero) is 1. The number of methoxy groups -OCH3 is 1. The fourth-order valence-electron chi connectivity index (χ4n) is 11.9. The molecule has 16 nitrogen and oxygen atoms in total. The zero-order valence-corrected chi connectivity index (χ0v) is 50.0. The first-order valence-corrected chi connectivity index (χ1v) is 32.9. The van der Waals surface area contributed by atoms with Crippen LogP contribution in [0.2, 0.25) is 0 Å². The molecule has 20 heteroatoms. The maximum absolute atomic E-state index is 14.3. The summed E-state index contributed by atoms with van der Waals surface area (Å²) in [6.07, 6.45) is 7.15. The molecule has 2 N–H and O–H groups in total. The van der Waals surface area contributed by atoms with E-state index in [0.29, 0.717) is 101 Å². The van der Waals surface area contributed by atoms with Crippen molar-refractivity contribution in [2.75, 3.05) is 40.8 Å². The van der Waals surface area contributed by atoms with Crippen molar-refractivity contribution in [3.8, 4) is 17.2 Å². The zero-order chi connectivity index (χ0) is 58.0. The minimum absolute atomic E-state index is 0.0189. The Morgan fingerprint density at radius 2 is 1.39 bits per heavy atom. The SMILES string of the molecule is COc1cc2c(cc1OCc1cc(COc3cc4c(cc3C)C(=O)N3c5ccccc5CC3C(S(=O)(=O)O)C4)cc(NC(=O)CCC(C)(C)SSCCCC(=O)CCCN3C(=O)CC(SC)C3=O)c1)CCC1Cc3ccccc3N1C2=O. The number of anilines is 3. The second kappa shape index (κ2) is 24.9. The number of imide groups is 1. The molecule has 5 aromatic carbocycles. The number of hydrogen-bond acceptors (Lipinski definition) is 14. The van der Waals surface area contributed by atoms with Gasteiger partial charge in [-0.3, -0.25) is 38.2 Å². The Labute approximate surface area is 491 Å². The number of hydrogen-bond donors (Lipinski definition) is 2. The van der Waals surface area contributed by atoms with Gasteiger partial charge in [-0.25, -0.2) is 0 Å². The molecule has 5 amide bonds. The third kappa shape index (κ3) is 12.9. The van der Waals surface area contributed by atoms with Crippen LogP contribution in [-0.2, 0) is 68.2 Å². The molecule has 0 bridgehead atoms. The molecule has 5 heterocycles. The first kappa shape index (κ1) is 58.9. The fraction of sp³-hybridized carbons (Fsp3) is 0.419. The Morgan fingerprint density at radius 1 is 0.744 bits per heavy atom. The van der Waals surface area contributed by atoms with Gasteiger partial charge in [-0.05, 0) is 172 Å². The molecule has 0 aromatic heterocycles. The molecule has 10 rings (SSSR count). The van der Waals surface area contributed by atoms with Crippen LogP contribution >= 0.6 is 33.3 Å². The number of nitrogens with zero attached hydrogens (tertiary/aromatic N) is 3. The summed E-state index contributed by atoms with van der Waals surface area (Å²) in [5.74, 6) is 1.19. The molecule has 5 aliphatic heterocycles. The quantitative estimate of drug-likeness (QED) is 0.0270. The predicted octanol–water partition coefficient (Wildman–Crippen LogP) is 10.6. The normalized spacial score (nSPS) is 19.2. The molecule has 5 aromatic rings. The van der Waals surface area contributed by atoms with Gasteiger partial charge in [0.1, 0.15) is 30.0 Å². The highest BCUT2D eigenvalue weighted by molar-refractivity contribution is 8.77. The van der Waals surface area contributed by atoms with Crippen molar-refractivity contribution in [1.82, 2.24) is 4.90 Å². The lowest BCUT2D eigenvalue weighted by molar-refractivity contribution is -0.138. The van der Waals surface area contributed by atoms with Crippen LogP contribution in [0.5, 0.6) is 17.2 Å². The fourth-order valence-corrected chi connectivity index (χ4v) is 16.2. The van der Waals surface area contributed by atoms with E-state index in [1.165, 1.54) is 21.6 Å². The molecule has 4 unspecified atom stereocenters. The molecule has 0 radical (unpaired) electrons. The van der Waals surface area contributed by atoms with Gasteiger partial charge < -0.3 is 29.3 Å². The maximum Gasteiger partial charge on any atom is 0.270 e. The van der Waals surface area contributed by atoms with Gasteiger partial charge in [0.25, 0.3) is 21.9 Å². The summed E-state index contributed by atoms with van der Waals surface area (Å²) in [6.45, 7) is 6.34. The van der Waals surface area contributed by atoms with E-state index < -0.39 is 21.4 Å². The maximum atomic E-state index is 14.3. The first-order valence-electron chi connectivity index (χ1n) is 27.8. The number of nitrogens with one attached hydrogen (secondary N) is 1. The Balaban J connectivity index is 0.814. The second-order valence-electron chi connectivity index (χ2n) is 22.4. The average Bonchev–Trinajstić information content (AvgIpc) is 4.13. The molecule has 4 atom stereocenters. The van der Waals surface area contributed by atoms with E-state index >= 15 is 0 Å². The highest BCUT2D eigenvalue weighted by Gasteiger charge is 2.47. The highest BCUT2D eigenvalue weighted by Crippen LogP contribution is 2.44. The summed E-state index contributed by atoms with van der Waals surface area (Å²) in [4.78, 5) is 84.3. The standard InChI is InChI=1S/C62H68N4O12S4/c1-37-24-47-43(32-56(82(73,74)75)51-29-42-13-7-9-17-50(42)66(51)60(47)71)31-52(37)77-35-38-25-39(36-78-54-30-40-18-19-45-28-41-12-6-8-16-49(41)65(45)59(70)48(40)33-53(54)76-4)27-44(26-38)63-57(68)20-21-62(2,3)81-80-23-11-15-46(67)14-10-22-64-58(69)34-55(79-5)61(64)72/h6-9,12-13,16-17,24-27,30-31,33,45,51,55-56H,10-11,14-15,18-23,28-29,32,34-36H2,1-5H3,(H,63,68)(H,73,74,75). The molecule has 82 heavy (non-hydrogen) atoms. The molecule has 5 aliphatic rings. The number of carbonyl (C=O) groups excluding carboxylic acids is 6. The highest BCUT2D eigenvalue weighted by atomic mass is 33.1. The van der Waals surface area contributed by atoms with Gasteiger partial charge in [0.2, 0.25) is 17.7 Å². The second-order valence-corrected chi connectivity index (χ2v) is 28.2. The number of fused-ring (bicyclic) bond motifs is 8. The van der Waals surface area contributed by atoms with Crippen molar-refractivity contribution in [3.63, 3.8) is 0 Å². The molecule has 0 saturated carbocycles. The summed E-state index contributed by atoms with van der Waals surface area (Å²) >= 11 is 1.38. The van der Waals surface area contributed by atoms with E-state index in [1.54, 1.807) is 59.0 Å². The van der Waals surface area contributed by atoms with Gasteiger partial charge in [-0.1, -0.05) is 58.0 Å². The summed E-state index contributed by atoms with van der Waals surface area (Å²) in [7, 11) is 0.274. The van der Waals surface area contributed by atoms with E-state index in [1.807, 2.05) is 72.7 Å². The van der Waals surface area contributed by atoms with Gasteiger partial charge in [-0.2, -0.15) is 20.2 Å². The van der Waals surface area contributed by atoms with E-state index in [9.17, 15) is 41.7 Å². The van der Waals surface area contributed by atoms with Crippen LogP contribution < -0.4 is 29.3 Å². The Morgan fingerprint density at radius 3 is 2.09 bits per heavy atom. The van der Waals surface area contributed by atoms with Crippen LogP contribution in [-0.4, -0.2) is 106 Å². The lowest BCUT2D eigenvalue weighted by Gasteiger charge is -2.27. The molecule has 1 fully saturated rings. The van der Waals surface area contributed by atoms with Gasteiger partial charge in [0.05, 0.1) is 18.4 Å². The number of ether oxygens (including phenoxy) is 3. The van der Waals surface area contributed by atoms with E-state index in [0.717, 1.165) is 41.0 Å². The zero-order valence-electron chi connectivity index (χ0n) is 46.7. The third-order valence-corrected chi connectivity index (χ3v) is 21.7. The summed E-state index contributed by atoms with van der Waals surface area (Å²) in [5.41, 5.74) is 8.32. The van der Waals surface area contributed by atoms with Crippen LogP contribution in [0.1, 0.15) is 125 Å². The lowest BCUT2D eigenvalue weighted by Crippen LogP contribution is -2.47. The number of benzene rings is 5. The summed E-state index contributed by atoms with van der Waals surface area (Å²) < 4.78 is 55.3. The number of rotatable bonds is 23. The topological polar surface area (TPSA) is 206 Å². The summed E-state index contributed by atoms with van der Waals surface area (Å²) in [6, 6.07) is 27.2. The minimum Gasteiger partial charge on any atom is -0.493 e. The van der Waals surface area contributed by atoms with Crippen molar-refractivity contribution >= 4 is 95.8 Å². The first-order chi connectivity index (χ1) is 39.3. The van der Waals surface area contributed by atoms with Crippen molar-refractivity contribution in [2.45, 2.75) is 138 Å². The van der Waals surface area contributed by atoms with E-state index in [2.05, 4.69) is 25.2 Å². The van der Waals surface area contributed by atoms with E-state index in [4.69, 9.17) is 14.2 Å². The largest absolute Gasteiger partial charge is 0.493 e. The van der Waals surface area contributed by atoms with Crippen LogP contribution in [0.3, 0.4) is 0 Å². The molecular formula is C62H68N4O12S4. The molecule has 0 aliphatic carbocycles. The lowest BCUT2D eigenvalue weighted by atomic mass is 9.97. The number of para-hydroxylation sites is 2. The summed E-state index contributed by atoms with van der Waals surface area (Å²) in [5, 5.41) is 1.50. The van der Waals surface area contributed by atoms with Gasteiger partial charge in [0, 0.05) is 77.0 Å². The van der Waals surface area contributed by atoms with Crippen LogP contribution in [0.15, 0.2) is 91.0 Å². The smallest absolute Gasteiger partial charge is 0.270 e. The monoisotopic (exact) mass is 1190 g/mol. The van der Waals surface area contributed by atoms with Crippen molar-refractivity contribution in [3.05, 3.63) is 141 Å². The predicted molar refractivity (Wildman–Crippen MR) is 322 cm³/mol. The van der Waals surface area contributed by atoms with E-state index in [-0.39, 0.29) is 96.8 Å². The Kier molecular flexibility index (Phi) is 17.9. The van der Waals surface area contributed by atoms with Gasteiger partial charge >= 0.3 is 0 Å². The van der Waals surface area contributed by atoms with Crippen LogP contribution in [0.25, 0.3) is 0 Å². The van der Waals surface area contributed by atoms with Crippen LogP contribution in [0.4, 0.5) is 17.1 Å². The minimum atomic E-state index is -4.60. The Hall–Kier alpha value is -6.32. The van der Waals surface area contributed by atoms with Crippen molar-refractivity contribution in [1.29, 1.82) is 0 Å². The van der Waals surface area contributed by atoms with Crippen molar-refractivity contribution in [2.24, 2.45) is 0 Å². The number of carbonyl (C=O) groups is 6. The molecular weight excluding hydrogens is 1120 g/mol. The van der Waals surface area contributed by atoms with Gasteiger partial charge in [-0.15, -0.1) is 0 Å². The number of thioether (sulfide) groups is 1. The van der Waals surface area contributed by atoms with Crippen LogP contribution in [0, 0.1) is 6.92 Å². The number of likely N-dealkylation sites (tertiary alicyclic amines) is 1. The third-order valence-electron chi connectivity index (χ3n) is 16.1. The van der Waals surface area contributed by atoms with Crippen molar-refractivity contribution < 1.29 is 55.9 Å². The molecule has 432 valence electrons. The Bertz CT molecular complexity index is 3460. The molecule has 1 saturated heterocycles. The number of amides is 5. The molecule has 0 spiro atoms. The average molecular weight is 1190 g/mol. The van der Waals surface area contributed by atoms with Gasteiger partial charge in [0.15, 0.2) is 11.5 Å².